The van der Waals surface area contributed by atoms with Gasteiger partial charge in [0.05, 0.1) is 6.42 Å². The Kier molecular flexibility index (Phi) is 2.77. The average Bonchev–Trinajstić information content (AvgIpc) is 2.72. The maximum atomic E-state index is 11.7. The van der Waals surface area contributed by atoms with Gasteiger partial charge in [0, 0.05) is 25.5 Å². The van der Waals surface area contributed by atoms with E-state index in [4.69, 9.17) is 0 Å². The second kappa shape index (κ2) is 4.22. The molecule has 0 atom stereocenters. The van der Waals surface area contributed by atoms with Crippen LogP contribution < -0.4 is 0 Å². The van der Waals surface area contributed by atoms with E-state index < -0.39 is 0 Å². The molecule has 3 heteroatoms. The van der Waals surface area contributed by atoms with Crippen LogP contribution in [-0.4, -0.2) is 28.9 Å². The molecule has 1 aliphatic rings. The summed E-state index contributed by atoms with van der Waals surface area (Å²) < 4.78 is 0. The Balaban J connectivity index is 1.94. The van der Waals surface area contributed by atoms with Gasteiger partial charge in [0.15, 0.2) is 0 Å². The molecule has 1 saturated heterocycles. The van der Waals surface area contributed by atoms with E-state index in [0.29, 0.717) is 6.42 Å². The number of carbonyl (C=O) groups is 1. The van der Waals surface area contributed by atoms with Gasteiger partial charge < -0.3 is 4.90 Å². The summed E-state index contributed by atoms with van der Waals surface area (Å²) in [6.45, 7) is 1.86. The van der Waals surface area contributed by atoms with E-state index in [1.165, 1.54) is 0 Å². The lowest BCUT2D eigenvalue weighted by molar-refractivity contribution is -0.129. The zero-order chi connectivity index (χ0) is 9.80. The molecule has 1 fully saturated rings. The van der Waals surface area contributed by atoms with E-state index in [2.05, 4.69) is 4.98 Å². The van der Waals surface area contributed by atoms with Crippen LogP contribution in [0, 0.1) is 0 Å². The van der Waals surface area contributed by atoms with Gasteiger partial charge in [0.2, 0.25) is 5.91 Å². The standard InChI is InChI=1S/C11H14N2O/c14-11(13-6-1-2-7-13)8-10-4-3-5-12-9-10/h3-5,9H,1-2,6-8H2. The molecule has 1 aromatic rings. The molecule has 3 nitrogen and oxygen atoms in total. The van der Waals surface area contributed by atoms with Crippen LogP contribution in [0.5, 0.6) is 0 Å². The fourth-order valence-corrected chi connectivity index (χ4v) is 1.76. The highest BCUT2D eigenvalue weighted by Crippen LogP contribution is 2.09. The summed E-state index contributed by atoms with van der Waals surface area (Å²) in [4.78, 5) is 17.6. The Morgan fingerprint density at radius 2 is 2.21 bits per heavy atom. The maximum Gasteiger partial charge on any atom is 0.227 e. The molecule has 14 heavy (non-hydrogen) atoms. The lowest BCUT2D eigenvalue weighted by atomic mass is 10.2. The van der Waals surface area contributed by atoms with Crippen molar-refractivity contribution in [3.8, 4) is 0 Å². The molecule has 0 unspecified atom stereocenters. The number of pyridine rings is 1. The fourth-order valence-electron chi connectivity index (χ4n) is 1.76. The van der Waals surface area contributed by atoms with Crippen LogP contribution in [0.2, 0.25) is 0 Å². The Hall–Kier alpha value is -1.38. The lowest BCUT2D eigenvalue weighted by Gasteiger charge is -2.14. The minimum absolute atomic E-state index is 0.232. The van der Waals surface area contributed by atoms with Crippen molar-refractivity contribution in [3.63, 3.8) is 0 Å². The fraction of sp³-hybridized carbons (Fsp3) is 0.455. The highest BCUT2D eigenvalue weighted by Gasteiger charge is 2.17. The first-order valence-corrected chi connectivity index (χ1v) is 5.03. The SMILES string of the molecule is O=C(Cc1cccnc1)N1CCCC1. The second-order valence-electron chi connectivity index (χ2n) is 3.63. The Morgan fingerprint density at radius 1 is 1.43 bits per heavy atom. The van der Waals surface area contributed by atoms with Crippen molar-refractivity contribution in [1.82, 2.24) is 9.88 Å². The molecule has 0 bridgehead atoms. The van der Waals surface area contributed by atoms with Crippen LogP contribution in [0.25, 0.3) is 0 Å². The summed E-state index contributed by atoms with van der Waals surface area (Å²) in [7, 11) is 0. The van der Waals surface area contributed by atoms with Gasteiger partial charge in [-0.15, -0.1) is 0 Å². The van der Waals surface area contributed by atoms with Crippen LogP contribution in [0.15, 0.2) is 24.5 Å². The number of nitrogens with zero attached hydrogens (tertiary/aromatic N) is 2. The van der Waals surface area contributed by atoms with Gasteiger partial charge in [0.1, 0.15) is 0 Å². The van der Waals surface area contributed by atoms with Crippen LogP contribution in [0.4, 0.5) is 0 Å². The number of likely N-dealkylation sites (tertiary alicyclic amines) is 1. The molecule has 1 aromatic heterocycles. The van der Waals surface area contributed by atoms with Crippen LogP contribution in [-0.2, 0) is 11.2 Å². The van der Waals surface area contributed by atoms with Crippen LogP contribution in [0.1, 0.15) is 18.4 Å². The number of aromatic nitrogens is 1. The zero-order valence-corrected chi connectivity index (χ0v) is 8.15. The minimum Gasteiger partial charge on any atom is -0.342 e. The van der Waals surface area contributed by atoms with Gasteiger partial charge in [-0.2, -0.15) is 0 Å². The van der Waals surface area contributed by atoms with Crippen molar-refractivity contribution in [2.75, 3.05) is 13.1 Å². The molecule has 2 rings (SSSR count). The lowest BCUT2D eigenvalue weighted by Crippen LogP contribution is -2.29. The largest absolute Gasteiger partial charge is 0.342 e. The summed E-state index contributed by atoms with van der Waals surface area (Å²) in [5, 5.41) is 0. The average molecular weight is 190 g/mol. The second-order valence-corrected chi connectivity index (χ2v) is 3.63. The number of hydrogen-bond acceptors (Lipinski definition) is 2. The van der Waals surface area contributed by atoms with Gasteiger partial charge >= 0.3 is 0 Å². The summed E-state index contributed by atoms with van der Waals surface area (Å²) in [5.41, 5.74) is 1.00. The predicted molar refractivity (Wildman–Crippen MR) is 53.8 cm³/mol. The molecule has 0 saturated carbocycles. The number of amides is 1. The van der Waals surface area contributed by atoms with Gasteiger partial charge in [-0.3, -0.25) is 9.78 Å². The molecule has 1 amide bonds. The Morgan fingerprint density at radius 3 is 2.86 bits per heavy atom. The van der Waals surface area contributed by atoms with Gasteiger partial charge in [-0.25, -0.2) is 0 Å². The van der Waals surface area contributed by atoms with Crippen molar-refractivity contribution < 1.29 is 4.79 Å². The quantitative estimate of drug-likeness (QED) is 0.703. The molecule has 0 spiro atoms. The molecular formula is C11H14N2O. The summed E-state index contributed by atoms with van der Waals surface area (Å²) in [6.07, 6.45) is 6.28. The van der Waals surface area contributed by atoms with E-state index in [1.807, 2.05) is 17.0 Å². The third-order valence-electron chi connectivity index (χ3n) is 2.54. The van der Waals surface area contributed by atoms with Crippen molar-refractivity contribution in [2.24, 2.45) is 0 Å². The summed E-state index contributed by atoms with van der Waals surface area (Å²) in [6, 6.07) is 3.81. The van der Waals surface area contributed by atoms with Crippen LogP contribution in [0.3, 0.4) is 0 Å². The zero-order valence-electron chi connectivity index (χ0n) is 8.15. The molecule has 0 radical (unpaired) electrons. The first-order chi connectivity index (χ1) is 6.86. The molecule has 0 aromatic carbocycles. The smallest absolute Gasteiger partial charge is 0.227 e. The van der Waals surface area contributed by atoms with Gasteiger partial charge in [-0.05, 0) is 24.5 Å². The van der Waals surface area contributed by atoms with E-state index in [0.717, 1.165) is 31.5 Å². The van der Waals surface area contributed by atoms with Crippen molar-refractivity contribution in [1.29, 1.82) is 0 Å². The monoisotopic (exact) mass is 190 g/mol. The van der Waals surface area contributed by atoms with Gasteiger partial charge in [0.25, 0.3) is 0 Å². The maximum absolute atomic E-state index is 11.7. The van der Waals surface area contributed by atoms with E-state index in [1.54, 1.807) is 12.4 Å². The minimum atomic E-state index is 0.232. The van der Waals surface area contributed by atoms with E-state index in [-0.39, 0.29) is 5.91 Å². The van der Waals surface area contributed by atoms with Crippen molar-refractivity contribution in [2.45, 2.75) is 19.3 Å². The number of carbonyl (C=O) groups excluding carboxylic acids is 1. The third kappa shape index (κ3) is 2.10. The molecule has 0 aliphatic carbocycles. The molecular weight excluding hydrogens is 176 g/mol. The molecule has 1 aliphatic heterocycles. The van der Waals surface area contributed by atoms with Gasteiger partial charge in [-0.1, -0.05) is 6.07 Å². The molecule has 74 valence electrons. The molecule has 2 heterocycles. The first kappa shape index (κ1) is 9.19. The Labute approximate surface area is 83.8 Å². The first-order valence-electron chi connectivity index (χ1n) is 5.03. The predicted octanol–water partition coefficient (Wildman–Crippen LogP) is 1.25. The Bertz CT molecular complexity index is 304. The number of hydrogen-bond donors (Lipinski definition) is 0. The topological polar surface area (TPSA) is 33.2 Å². The number of rotatable bonds is 2. The van der Waals surface area contributed by atoms with Crippen LogP contribution >= 0.6 is 0 Å². The van der Waals surface area contributed by atoms with E-state index >= 15 is 0 Å². The highest BCUT2D eigenvalue weighted by atomic mass is 16.2. The van der Waals surface area contributed by atoms with Crippen molar-refractivity contribution >= 4 is 5.91 Å². The normalized spacial score (nSPS) is 15.9. The van der Waals surface area contributed by atoms with Crippen molar-refractivity contribution in [3.05, 3.63) is 30.1 Å². The summed E-state index contributed by atoms with van der Waals surface area (Å²) >= 11 is 0. The summed E-state index contributed by atoms with van der Waals surface area (Å²) in [5.74, 6) is 0.232. The molecule has 0 N–H and O–H groups in total. The third-order valence-corrected chi connectivity index (χ3v) is 2.54. The van der Waals surface area contributed by atoms with E-state index in [9.17, 15) is 4.79 Å². The highest BCUT2D eigenvalue weighted by molar-refractivity contribution is 5.78.